The van der Waals surface area contributed by atoms with Gasteiger partial charge in [-0.1, -0.05) is 0 Å². The average molecular weight is 343 g/mol. The normalized spacial score (nSPS) is 17.9. The largest absolute Gasteiger partial charge is 0.494 e. The Morgan fingerprint density at radius 3 is 2.65 bits per heavy atom. The van der Waals surface area contributed by atoms with Crippen LogP contribution in [-0.2, 0) is 9.59 Å². The third kappa shape index (κ3) is 6.08. The molecule has 2 N–H and O–H groups in total. The van der Waals surface area contributed by atoms with E-state index in [0.717, 1.165) is 18.7 Å². The first-order valence-electron chi connectivity index (χ1n) is 7.56. The molecule has 1 aliphatic rings. The molecule has 1 unspecified atom stereocenters. The Morgan fingerprint density at radius 1 is 1.35 bits per heavy atom. The van der Waals surface area contributed by atoms with Gasteiger partial charge in [0.1, 0.15) is 5.75 Å². The number of halogens is 1. The number of amides is 1. The zero-order chi connectivity index (χ0) is 15.9. The van der Waals surface area contributed by atoms with Crippen molar-refractivity contribution in [3.8, 4) is 5.75 Å². The van der Waals surface area contributed by atoms with Crippen LogP contribution >= 0.6 is 12.4 Å². The predicted octanol–water partition coefficient (Wildman–Crippen LogP) is 2.24. The number of aliphatic carboxylic acids is 1. The van der Waals surface area contributed by atoms with Crippen LogP contribution in [0.15, 0.2) is 24.3 Å². The highest BCUT2D eigenvalue weighted by Gasteiger charge is 2.26. The highest BCUT2D eigenvalue weighted by molar-refractivity contribution is 5.92. The van der Waals surface area contributed by atoms with E-state index < -0.39 is 5.97 Å². The number of rotatable bonds is 6. The molecule has 6 nitrogen and oxygen atoms in total. The summed E-state index contributed by atoms with van der Waals surface area (Å²) >= 11 is 0. The van der Waals surface area contributed by atoms with Crippen LogP contribution in [0.2, 0.25) is 0 Å². The van der Waals surface area contributed by atoms with Gasteiger partial charge in [0.15, 0.2) is 0 Å². The van der Waals surface area contributed by atoms with Crippen LogP contribution in [0.25, 0.3) is 0 Å². The summed E-state index contributed by atoms with van der Waals surface area (Å²) < 4.78 is 5.34. The lowest BCUT2D eigenvalue weighted by Gasteiger charge is -2.29. The van der Waals surface area contributed by atoms with Crippen molar-refractivity contribution >= 4 is 30.0 Å². The SMILES string of the molecule is CCOc1ccc(NC(=O)CN2CCCC(C(=O)O)C2)cc1.Cl. The third-order valence-electron chi connectivity index (χ3n) is 3.67. The summed E-state index contributed by atoms with van der Waals surface area (Å²) in [5, 5.41) is 11.9. The van der Waals surface area contributed by atoms with Gasteiger partial charge in [0, 0.05) is 12.2 Å². The van der Waals surface area contributed by atoms with Gasteiger partial charge in [-0.2, -0.15) is 0 Å². The van der Waals surface area contributed by atoms with Crippen molar-refractivity contribution in [2.24, 2.45) is 5.92 Å². The minimum absolute atomic E-state index is 0. The van der Waals surface area contributed by atoms with Gasteiger partial charge < -0.3 is 15.2 Å². The zero-order valence-corrected chi connectivity index (χ0v) is 14.0. The Balaban J connectivity index is 0.00000264. The molecule has 7 heteroatoms. The number of anilines is 1. The van der Waals surface area contributed by atoms with E-state index >= 15 is 0 Å². The molecule has 23 heavy (non-hydrogen) atoms. The van der Waals surface area contributed by atoms with Gasteiger partial charge >= 0.3 is 5.97 Å². The van der Waals surface area contributed by atoms with Crippen LogP contribution < -0.4 is 10.1 Å². The molecule has 128 valence electrons. The monoisotopic (exact) mass is 342 g/mol. The van der Waals surface area contributed by atoms with Crippen LogP contribution in [0.4, 0.5) is 5.69 Å². The highest BCUT2D eigenvalue weighted by Crippen LogP contribution is 2.18. The molecule has 0 saturated carbocycles. The Bertz CT molecular complexity index is 521. The standard InChI is InChI=1S/C16H22N2O4.ClH/c1-2-22-14-7-5-13(6-8-14)17-15(19)11-18-9-3-4-12(10-18)16(20)21;/h5-8,12H,2-4,9-11H2,1H3,(H,17,19)(H,20,21);1H. The number of benzene rings is 1. The maximum absolute atomic E-state index is 12.0. The molecule has 0 spiro atoms. The molecule has 0 bridgehead atoms. The van der Waals surface area contributed by atoms with Gasteiger partial charge in [-0.05, 0) is 50.6 Å². The molecule has 1 amide bonds. The summed E-state index contributed by atoms with van der Waals surface area (Å²) in [6.45, 7) is 3.94. The fourth-order valence-corrected chi connectivity index (χ4v) is 2.61. The number of hydrogen-bond acceptors (Lipinski definition) is 4. The second-order valence-corrected chi connectivity index (χ2v) is 5.42. The Labute approximate surface area is 142 Å². The van der Waals surface area contributed by atoms with Gasteiger partial charge in [0.25, 0.3) is 0 Å². The van der Waals surface area contributed by atoms with Crippen LogP contribution in [-0.4, -0.2) is 48.1 Å². The van der Waals surface area contributed by atoms with Crippen molar-refractivity contribution in [2.75, 3.05) is 31.6 Å². The van der Waals surface area contributed by atoms with E-state index in [1.165, 1.54) is 0 Å². The fraction of sp³-hybridized carbons (Fsp3) is 0.500. The van der Waals surface area contributed by atoms with Crippen LogP contribution in [0.3, 0.4) is 0 Å². The smallest absolute Gasteiger partial charge is 0.307 e. The quantitative estimate of drug-likeness (QED) is 0.829. The van der Waals surface area contributed by atoms with Crippen LogP contribution in [0, 0.1) is 5.92 Å². The molecule has 1 aromatic rings. The maximum atomic E-state index is 12.0. The summed E-state index contributed by atoms with van der Waals surface area (Å²) in [5.41, 5.74) is 0.709. The number of piperidine rings is 1. The van der Waals surface area contributed by atoms with Crippen molar-refractivity contribution in [1.82, 2.24) is 4.90 Å². The maximum Gasteiger partial charge on any atom is 0.307 e. The van der Waals surface area contributed by atoms with Crippen molar-refractivity contribution < 1.29 is 19.4 Å². The van der Waals surface area contributed by atoms with Crippen molar-refractivity contribution in [3.05, 3.63) is 24.3 Å². The number of carboxylic acids is 1. The zero-order valence-electron chi connectivity index (χ0n) is 13.2. The molecule has 1 fully saturated rings. The molecule has 2 rings (SSSR count). The lowest BCUT2D eigenvalue weighted by Crippen LogP contribution is -2.42. The Kier molecular flexibility index (Phi) is 7.85. The van der Waals surface area contributed by atoms with Crippen LogP contribution in [0.5, 0.6) is 5.75 Å². The number of carbonyl (C=O) groups excluding carboxylic acids is 1. The number of carboxylic acid groups (broad SMARTS) is 1. The molecular formula is C16H23ClN2O4. The molecule has 1 heterocycles. The molecule has 1 aliphatic heterocycles. The summed E-state index contributed by atoms with van der Waals surface area (Å²) in [6, 6.07) is 7.19. The molecule has 0 radical (unpaired) electrons. The number of likely N-dealkylation sites (tertiary alicyclic amines) is 1. The lowest BCUT2D eigenvalue weighted by molar-refractivity contribution is -0.144. The summed E-state index contributed by atoms with van der Waals surface area (Å²) in [6.07, 6.45) is 1.50. The molecule has 1 atom stereocenters. The van der Waals surface area contributed by atoms with Crippen LogP contribution in [0.1, 0.15) is 19.8 Å². The van der Waals surface area contributed by atoms with E-state index in [2.05, 4.69) is 5.32 Å². The topological polar surface area (TPSA) is 78.9 Å². The van der Waals surface area contributed by atoms with E-state index in [0.29, 0.717) is 25.3 Å². The number of carbonyl (C=O) groups is 2. The van der Waals surface area contributed by atoms with Crippen molar-refractivity contribution in [3.63, 3.8) is 0 Å². The van der Waals surface area contributed by atoms with E-state index in [-0.39, 0.29) is 30.8 Å². The second-order valence-electron chi connectivity index (χ2n) is 5.42. The first-order chi connectivity index (χ1) is 10.6. The van der Waals surface area contributed by atoms with Crippen molar-refractivity contribution in [2.45, 2.75) is 19.8 Å². The Hall–Kier alpha value is -1.79. The lowest BCUT2D eigenvalue weighted by atomic mass is 9.98. The van der Waals surface area contributed by atoms with Gasteiger partial charge in [-0.15, -0.1) is 12.4 Å². The van der Waals surface area contributed by atoms with E-state index in [1.807, 2.05) is 11.8 Å². The van der Waals surface area contributed by atoms with Gasteiger partial charge in [-0.25, -0.2) is 0 Å². The first-order valence-corrected chi connectivity index (χ1v) is 7.56. The first kappa shape index (κ1) is 19.3. The number of nitrogens with one attached hydrogen (secondary N) is 1. The predicted molar refractivity (Wildman–Crippen MR) is 90.3 cm³/mol. The van der Waals surface area contributed by atoms with Gasteiger partial charge in [0.05, 0.1) is 19.1 Å². The fourth-order valence-electron chi connectivity index (χ4n) is 2.61. The number of nitrogens with zero attached hydrogens (tertiary/aromatic N) is 1. The molecule has 1 saturated heterocycles. The van der Waals surface area contributed by atoms with E-state index in [9.17, 15) is 9.59 Å². The van der Waals surface area contributed by atoms with E-state index in [1.54, 1.807) is 24.3 Å². The molecule has 0 aliphatic carbocycles. The van der Waals surface area contributed by atoms with Gasteiger partial charge in [0.2, 0.25) is 5.91 Å². The minimum atomic E-state index is -0.781. The Morgan fingerprint density at radius 2 is 2.04 bits per heavy atom. The third-order valence-corrected chi connectivity index (χ3v) is 3.67. The molecular weight excluding hydrogens is 320 g/mol. The minimum Gasteiger partial charge on any atom is -0.494 e. The number of hydrogen-bond donors (Lipinski definition) is 2. The highest BCUT2D eigenvalue weighted by atomic mass is 35.5. The van der Waals surface area contributed by atoms with E-state index in [4.69, 9.17) is 9.84 Å². The summed E-state index contributed by atoms with van der Waals surface area (Å²) in [7, 11) is 0. The van der Waals surface area contributed by atoms with Gasteiger partial charge in [-0.3, -0.25) is 14.5 Å². The molecule has 1 aromatic carbocycles. The van der Waals surface area contributed by atoms with Crippen molar-refractivity contribution in [1.29, 1.82) is 0 Å². The number of ether oxygens (including phenoxy) is 1. The average Bonchev–Trinajstić information content (AvgIpc) is 2.49. The summed E-state index contributed by atoms with van der Waals surface area (Å²) in [4.78, 5) is 25.0. The summed E-state index contributed by atoms with van der Waals surface area (Å²) in [5.74, 6) is -0.514. The molecule has 0 aromatic heterocycles. The second kappa shape index (κ2) is 9.37.